The molecule has 6 nitrogen and oxygen atoms in total. The van der Waals surface area contributed by atoms with Crippen molar-refractivity contribution < 1.29 is 9.53 Å². The normalized spacial score (nSPS) is 14.9. The van der Waals surface area contributed by atoms with Gasteiger partial charge in [-0.1, -0.05) is 36.2 Å². The average molecular weight is 395 g/mol. The highest BCUT2D eigenvalue weighted by molar-refractivity contribution is 7.99. The van der Waals surface area contributed by atoms with Gasteiger partial charge in [0, 0.05) is 25.2 Å². The summed E-state index contributed by atoms with van der Waals surface area (Å²) in [6.07, 6.45) is 4.65. The van der Waals surface area contributed by atoms with Gasteiger partial charge in [0.2, 0.25) is 5.91 Å². The Kier molecular flexibility index (Phi) is 6.80. The number of carbonyl (C=O) groups excluding carboxylic acids is 1. The first-order chi connectivity index (χ1) is 12.6. The summed E-state index contributed by atoms with van der Waals surface area (Å²) in [5, 5.41) is 9.75. The van der Waals surface area contributed by atoms with Gasteiger partial charge in [-0.15, -0.1) is 10.2 Å². The van der Waals surface area contributed by atoms with Crippen molar-refractivity contribution in [1.82, 2.24) is 19.7 Å². The van der Waals surface area contributed by atoms with Gasteiger partial charge in [0.25, 0.3) is 0 Å². The number of hydrogen-bond donors (Lipinski definition) is 0. The number of aromatic nitrogens is 3. The van der Waals surface area contributed by atoms with Crippen LogP contribution in [-0.2, 0) is 18.4 Å². The van der Waals surface area contributed by atoms with Crippen LogP contribution in [0.15, 0.2) is 29.4 Å². The van der Waals surface area contributed by atoms with E-state index in [0.717, 1.165) is 36.8 Å². The number of hydrogen-bond acceptors (Lipinski definition) is 5. The van der Waals surface area contributed by atoms with Crippen LogP contribution in [0.2, 0.25) is 5.02 Å². The number of thioether (sulfide) groups is 1. The zero-order chi connectivity index (χ0) is 18.4. The number of benzene rings is 1. The fraction of sp³-hybridized carbons (Fsp3) is 0.500. The molecule has 0 atom stereocenters. The van der Waals surface area contributed by atoms with E-state index < -0.39 is 0 Å². The quantitative estimate of drug-likeness (QED) is 0.701. The van der Waals surface area contributed by atoms with Crippen LogP contribution in [0.4, 0.5) is 0 Å². The monoisotopic (exact) mass is 394 g/mol. The molecule has 0 radical (unpaired) electrons. The average Bonchev–Trinajstić information content (AvgIpc) is 2.85. The number of likely N-dealkylation sites (tertiary alicyclic amines) is 1. The Labute approximate surface area is 162 Å². The van der Waals surface area contributed by atoms with Crippen LogP contribution < -0.4 is 4.74 Å². The second-order valence-corrected chi connectivity index (χ2v) is 7.66. The third-order valence-corrected chi connectivity index (χ3v) is 5.65. The lowest BCUT2D eigenvalue weighted by Gasteiger charge is -2.19. The summed E-state index contributed by atoms with van der Waals surface area (Å²) >= 11 is 7.29. The van der Waals surface area contributed by atoms with E-state index in [4.69, 9.17) is 16.3 Å². The number of amides is 1. The molecule has 0 saturated carbocycles. The van der Waals surface area contributed by atoms with Crippen LogP contribution in [0.1, 0.15) is 31.5 Å². The van der Waals surface area contributed by atoms with E-state index in [9.17, 15) is 4.79 Å². The highest BCUT2D eigenvalue weighted by Crippen LogP contribution is 2.20. The largest absolute Gasteiger partial charge is 0.486 e. The molecule has 1 aromatic heterocycles. The molecule has 26 heavy (non-hydrogen) atoms. The van der Waals surface area contributed by atoms with Crippen LogP contribution in [0, 0.1) is 0 Å². The summed E-state index contributed by atoms with van der Waals surface area (Å²) in [5.41, 5.74) is 0. The zero-order valence-corrected chi connectivity index (χ0v) is 16.4. The number of ether oxygens (including phenoxy) is 1. The molecule has 0 N–H and O–H groups in total. The molecule has 140 valence electrons. The highest BCUT2D eigenvalue weighted by atomic mass is 35.5. The number of halogens is 1. The van der Waals surface area contributed by atoms with E-state index in [1.807, 2.05) is 28.6 Å². The van der Waals surface area contributed by atoms with Gasteiger partial charge in [0.1, 0.15) is 12.4 Å². The Bertz CT molecular complexity index is 727. The fourth-order valence-corrected chi connectivity index (χ4v) is 3.77. The minimum Gasteiger partial charge on any atom is -0.486 e. The van der Waals surface area contributed by atoms with E-state index >= 15 is 0 Å². The molecule has 1 saturated heterocycles. The van der Waals surface area contributed by atoms with Crippen LogP contribution in [0.3, 0.4) is 0 Å². The Hall–Kier alpha value is -1.73. The molecule has 2 heterocycles. The van der Waals surface area contributed by atoms with Gasteiger partial charge in [-0.2, -0.15) is 0 Å². The molecular weight excluding hydrogens is 372 g/mol. The summed E-state index contributed by atoms with van der Waals surface area (Å²) in [6.45, 7) is 2.06. The predicted octanol–water partition coefficient (Wildman–Crippen LogP) is 3.54. The fourth-order valence-electron chi connectivity index (χ4n) is 2.81. The first kappa shape index (κ1) is 19.0. The molecule has 1 aliphatic rings. The second-order valence-electron chi connectivity index (χ2n) is 6.28. The topological polar surface area (TPSA) is 60.2 Å². The summed E-state index contributed by atoms with van der Waals surface area (Å²) in [4.78, 5) is 14.4. The van der Waals surface area contributed by atoms with Gasteiger partial charge in [-0.05, 0) is 37.1 Å². The molecule has 1 fully saturated rings. The Morgan fingerprint density at radius 1 is 1.15 bits per heavy atom. The minimum atomic E-state index is 0.180. The highest BCUT2D eigenvalue weighted by Gasteiger charge is 2.17. The van der Waals surface area contributed by atoms with Crippen LogP contribution in [0.25, 0.3) is 0 Å². The summed E-state index contributed by atoms with van der Waals surface area (Å²) < 4.78 is 7.58. The lowest BCUT2D eigenvalue weighted by atomic mass is 10.2. The van der Waals surface area contributed by atoms with E-state index in [2.05, 4.69) is 10.2 Å². The molecule has 3 rings (SSSR count). The minimum absolute atomic E-state index is 0.180. The van der Waals surface area contributed by atoms with Gasteiger partial charge < -0.3 is 14.2 Å². The van der Waals surface area contributed by atoms with Crippen molar-refractivity contribution in [2.24, 2.45) is 7.05 Å². The molecule has 0 bridgehead atoms. The van der Waals surface area contributed by atoms with Crippen LogP contribution in [-0.4, -0.2) is 44.4 Å². The van der Waals surface area contributed by atoms with Gasteiger partial charge >= 0.3 is 0 Å². The Balaban J connectivity index is 1.51. The molecule has 1 aliphatic heterocycles. The lowest BCUT2D eigenvalue weighted by molar-refractivity contribution is -0.128. The number of carbonyl (C=O) groups is 1. The standard InChI is InChI=1S/C18H23ClN4O2S/c1-22-16(12-25-15-8-6-14(19)7-9-15)20-21-18(22)26-13-17(24)23-10-4-2-3-5-11-23/h6-9H,2-5,10-13H2,1H3. The van der Waals surface area contributed by atoms with Crippen molar-refractivity contribution >= 4 is 29.3 Å². The first-order valence-corrected chi connectivity index (χ1v) is 10.2. The van der Waals surface area contributed by atoms with Gasteiger partial charge in [-0.3, -0.25) is 4.79 Å². The maximum atomic E-state index is 12.4. The zero-order valence-electron chi connectivity index (χ0n) is 14.9. The van der Waals surface area contributed by atoms with Crippen molar-refractivity contribution in [3.05, 3.63) is 35.1 Å². The Morgan fingerprint density at radius 3 is 2.54 bits per heavy atom. The van der Waals surface area contributed by atoms with Crippen LogP contribution in [0.5, 0.6) is 5.75 Å². The molecule has 0 unspecified atom stereocenters. The maximum Gasteiger partial charge on any atom is 0.233 e. The van der Waals surface area contributed by atoms with Gasteiger partial charge in [-0.25, -0.2) is 0 Å². The van der Waals surface area contributed by atoms with Crippen molar-refractivity contribution in [2.45, 2.75) is 37.4 Å². The van der Waals surface area contributed by atoms with Crippen LogP contribution >= 0.6 is 23.4 Å². The molecular formula is C18H23ClN4O2S. The molecule has 1 amide bonds. The van der Waals surface area contributed by atoms with Crippen molar-refractivity contribution in [3.8, 4) is 5.75 Å². The summed E-state index contributed by atoms with van der Waals surface area (Å²) in [7, 11) is 1.89. The van der Waals surface area contributed by atoms with Crippen molar-refractivity contribution in [3.63, 3.8) is 0 Å². The van der Waals surface area contributed by atoms with E-state index in [1.165, 1.54) is 24.6 Å². The summed E-state index contributed by atoms with van der Waals surface area (Å²) in [6, 6.07) is 7.19. The third-order valence-electron chi connectivity index (χ3n) is 4.39. The number of nitrogens with zero attached hydrogens (tertiary/aromatic N) is 4. The van der Waals surface area contributed by atoms with E-state index in [1.54, 1.807) is 12.1 Å². The third kappa shape index (κ3) is 5.14. The maximum absolute atomic E-state index is 12.4. The van der Waals surface area contributed by atoms with E-state index in [0.29, 0.717) is 23.2 Å². The SMILES string of the molecule is Cn1c(COc2ccc(Cl)cc2)nnc1SCC(=O)N1CCCCCC1. The predicted molar refractivity (Wildman–Crippen MR) is 103 cm³/mol. The molecule has 0 spiro atoms. The summed E-state index contributed by atoms with van der Waals surface area (Å²) in [5.74, 6) is 2.01. The first-order valence-electron chi connectivity index (χ1n) is 8.80. The molecule has 2 aromatic rings. The molecule has 8 heteroatoms. The second kappa shape index (κ2) is 9.28. The Morgan fingerprint density at radius 2 is 1.85 bits per heavy atom. The van der Waals surface area contributed by atoms with Crippen molar-refractivity contribution in [1.29, 1.82) is 0 Å². The smallest absolute Gasteiger partial charge is 0.233 e. The van der Waals surface area contributed by atoms with Gasteiger partial charge in [0.05, 0.1) is 5.75 Å². The number of rotatable bonds is 6. The van der Waals surface area contributed by atoms with E-state index in [-0.39, 0.29) is 5.91 Å². The molecule has 0 aliphatic carbocycles. The molecule has 1 aromatic carbocycles. The van der Waals surface area contributed by atoms with Crippen molar-refractivity contribution in [2.75, 3.05) is 18.8 Å². The lowest BCUT2D eigenvalue weighted by Crippen LogP contribution is -2.33. The van der Waals surface area contributed by atoms with Gasteiger partial charge in [0.15, 0.2) is 11.0 Å².